The van der Waals surface area contributed by atoms with E-state index in [4.69, 9.17) is 4.74 Å². The summed E-state index contributed by atoms with van der Waals surface area (Å²) in [5.74, 6) is -1.10. The molecule has 1 N–H and O–H groups in total. The average Bonchev–Trinajstić information content (AvgIpc) is 2.86. The molecule has 0 aliphatic rings. The van der Waals surface area contributed by atoms with Crippen LogP contribution in [0, 0.1) is 12.7 Å². The molecule has 7 heteroatoms. The van der Waals surface area contributed by atoms with Crippen LogP contribution < -0.4 is 4.74 Å². The Morgan fingerprint density at radius 3 is 2.21 bits per heavy atom. The maximum absolute atomic E-state index is 13.9. The van der Waals surface area contributed by atoms with Crippen molar-refractivity contribution in [2.24, 2.45) is 0 Å². The van der Waals surface area contributed by atoms with Gasteiger partial charge in [-0.2, -0.15) is 0 Å². The largest absolute Gasteiger partial charge is 0.478 e. The van der Waals surface area contributed by atoms with Gasteiger partial charge in [0.25, 0.3) is 0 Å². The first kappa shape index (κ1) is 23.4. The summed E-state index contributed by atoms with van der Waals surface area (Å²) in [7, 11) is 0. The van der Waals surface area contributed by atoms with Crippen LogP contribution in [-0.4, -0.2) is 27.1 Å². The van der Waals surface area contributed by atoms with Gasteiger partial charge in [-0.25, -0.2) is 19.2 Å². The Bertz CT molecular complexity index is 1240. The molecule has 0 bridgehead atoms. The van der Waals surface area contributed by atoms with Crippen molar-refractivity contribution in [3.63, 3.8) is 0 Å². The number of benzene rings is 3. The standard InChI is InChI=1S/C27H23FN2O3S/c1-19-16-17-29-26(30-19)33-24(25(31)32)27(21-10-6-3-7-11-21,22-12-14-23(28)15-13-22)34-18-20-8-4-2-5-9-20/h2-17,24H,18H2,1H3,(H,31,32)/t24-,27-/m1/s1. The zero-order valence-corrected chi connectivity index (χ0v) is 19.3. The Morgan fingerprint density at radius 2 is 1.59 bits per heavy atom. The summed E-state index contributed by atoms with van der Waals surface area (Å²) < 4.78 is 18.7. The number of aryl methyl sites for hydroxylation is 1. The van der Waals surface area contributed by atoms with E-state index < -0.39 is 22.6 Å². The quantitative estimate of drug-likeness (QED) is 0.339. The Kier molecular flexibility index (Phi) is 7.23. The third-order valence-electron chi connectivity index (χ3n) is 5.37. The van der Waals surface area contributed by atoms with Gasteiger partial charge in [0, 0.05) is 17.6 Å². The number of aromatic nitrogens is 2. The van der Waals surface area contributed by atoms with E-state index in [2.05, 4.69) is 9.97 Å². The molecule has 0 aliphatic carbocycles. The highest BCUT2D eigenvalue weighted by atomic mass is 32.2. The third kappa shape index (κ3) is 5.10. The van der Waals surface area contributed by atoms with Gasteiger partial charge in [-0.3, -0.25) is 0 Å². The van der Waals surface area contributed by atoms with E-state index in [1.165, 1.54) is 30.1 Å². The summed E-state index contributed by atoms with van der Waals surface area (Å²) >= 11 is 1.41. The number of carboxylic acid groups (broad SMARTS) is 1. The molecule has 4 aromatic rings. The molecule has 172 valence electrons. The molecule has 4 rings (SSSR count). The zero-order chi connectivity index (χ0) is 24.0. The Balaban J connectivity index is 1.90. The molecule has 0 aliphatic heterocycles. The van der Waals surface area contributed by atoms with Gasteiger partial charge in [0.05, 0.1) is 0 Å². The minimum Gasteiger partial charge on any atom is -0.478 e. The maximum Gasteiger partial charge on any atom is 0.347 e. The topological polar surface area (TPSA) is 72.3 Å². The fourth-order valence-electron chi connectivity index (χ4n) is 3.76. The van der Waals surface area contributed by atoms with Crippen LogP contribution in [0.15, 0.2) is 97.2 Å². The Labute approximate surface area is 201 Å². The molecule has 3 aromatic carbocycles. The van der Waals surface area contributed by atoms with Crippen LogP contribution in [0.5, 0.6) is 6.01 Å². The highest BCUT2D eigenvalue weighted by Gasteiger charge is 2.49. The smallest absolute Gasteiger partial charge is 0.347 e. The second-order valence-corrected chi connectivity index (χ2v) is 8.92. The summed E-state index contributed by atoms with van der Waals surface area (Å²) in [6, 6.07) is 26.6. The molecule has 34 heavy (non-hydrogen) atoms. The number of carboxylic acids is 1. The number of nitrogens with zero attached hydrogens (tertiary/aromatic N) is 2. The molecular weight excluding hydrogens is 451 g/mol. The Morgan fingerprint density at radius 1 is 0.971 bits per heavy atom. The Hall–Kier alpha value is -3.71. The molecular formula is C27H23FN2O3S. The molecule has 0 amide bonds. The molecule has 1 aromatic heterocycles. The van der Waals surface area contributed by atoms with Crippen LogP contribution >= 0.6 is 11.8 Å². The summed E-state index contributed by atoms with van der Waals surface area (Å²) in [4.78, 5) is 21.2. The van der Waals surface area contributed by atoms with Crippen LogP contribution in [0.2, 0.25) is 0 Å². The average molecular weight is 475 g/mol. The first-order chi connectivity index (χ1) is 16.5. The van der Waals surface area contributed by atoms with E-state index in [1.54, 1.807) is 25.1 Å². The van der Waals surface area contributed by atoms with Gasteiger partial charge in [-0.15, -0.1) is 11.8 Å². The first-order valence-electron chi connectivity index (χ1n) is 10.7. The second kappa shape index (κ2) is 10.5. The number of halogens is 1. The fraction of sp³-hybridized carbons (Fsp3) is 0.148. The van der Waals surface area contributed by atoms with Crippen molar-refractivity contribution in [1.29, 1.82) is 0 Å². The molecule has 0 spiro atoms. The van der Waals surface area contributed by atoms with E-state index in [0.29, 0.717) is 22.6 Å². The summed E-state index contributed by atoms with van der Waals surface area (Å²) in [5.41, 5.74) is 2.98. The van der Waals surface area contributed by atoms with Crippen molar-refractivity contribution in [3.8, 4) is 6.01 Å². The van der Waals surface area contributed by atoms with Crippen LogP contribution in [-0.2, 0) is 15.3 Å². The van der Waals surface area contributed by atoms with Crippen LogP contribution in [0.1, 0.15) is 22.4 Å². The lowest BCUT2D eigenvalue weighted by Crippen LogP contribution is -2.47. The van der Waals surface area contributed by atoms with Gasteiger partial charge in [0.2, 0.25) is 6.10 Å². The zero-order valence-electron chi connectivity index (χ0n) is 18.5. The SMILES string of the molecule is Cc1ccnc(O[C@H](C(=O)O)[C@@](SCc2ccccc2)(c2ccccc2)c2ccc(F)cc2)n1. The number of thioether (sulfide) groups is 1. The first-order valence-corrected chi connectivity index (χ1v) is 11.7. The van der Waals surface area contributed by atoms with Crippen LogP contribution in [0.25, 0.3) is 0 Å². The third-order valence-corrected chi connectivity index (χ3v) is 6.99. The molecule has 0 fully saturated rings. The van der Waals surface area contributed by atoms with Crippen molar-refractivity contribution in [1.82, 2.24) is 9.97 Å². The lowest BCUT2D eigenvalue weighted by Gasteiger charge is -2.38. The summed E-state index contributed by atoms with van der Waals surface area (Å²) in [6.07, 6.45) is 0.117. The minimum absolute atomic E-state index is 0.0323. The van der Waals surface area contributed by atoms with Gasteiger partial charge in [-0.1, -0.05) is 72.8 Å². The van der Waals surface area contributed by atoms with E-state index in [0.717, 1.165) is 5.56 Å². The molecule has 1 heterocycles. The maximum atomic E-state index is 13.9. The molecule has 0 saturated carbocycles. The van der Waals surface area contributed by atoms with E-state index in [9.17, 15) is 14.3 Å². The van der Waals surface area contributed by atoms with Gasteiger partial charge >= 0.3 is 12.0 Å². The molecule has 2 atom stereocenters. The monoisotopic (exact) mass is 474 g/mol. The van der Waals surface area contributed by atoms with Crippen molar-refractivity contribution in [2.45, 2.75) is 23.5 Å². The lowest BCUT2D eigenvalue weighted by atomic mass is 9.85. The van der Waals surface area contributed by atoms with Crippen molar-refractivity contribution in [3.05, 3.63) is 125 Å². The lowest BCUT2D eigenvalue weighted by molar-refractivity contribution is -0.146. The number of hydrogen-bond donors (Lipinski definition) is 1. The second-order valence-electron chi connectivity index (χ2n) is 7.70. The van der Waals surface area contributed by atoms with Crippen molar-refractivity contribution in [2.75, 3.05) is 0 Å². The number of rotatable bonds is 9. The molecule has 0 unspecified atom stereocenters. The molecule has 0 radical (unpaired) electrons. The van der Waals surface area contributed by atoms with E-state index in [1.807, 2.05) is 60.7 Å². The van der Waals surface area contributed by atoms with Gasteiger partial charge in [-0.05, 0) is 41.8 Å². The summed E-state index contributed by atoms with van der Waals surface area (Å²) in [6.45, 7) is 1.78. The normalized spacial score (nSPS) is 13.6. The highest BCUT2D eigenvalue weighted by Crippen LogP contribution is 2.48. The van der Waals surface area contributed by atoms with Gasteiger partial charge in [0.1, 0.15) is 10.6 Å². The highest BCUT2D eigenvalue weighted by molar-refractivity contribution is 7.99. The molecule has 0 saturated heterocycles. The van der Waals surface area contributed by atoms with Crippen molar-refractivity contribution >= 4 is 17.7 Å². The minimum atomic E-state index is -1.41. The number of hydrogen-bond acceptors (Lipinski definition) is 5. The fourth-order valence-corrected chi connectivity index (χ4v) is 5.25. The van der Waals surface area contributed by atoms with Gasteiger partial charge in [0.15, 0.2) is 0 Å². The number of aliphatic carboxylic acids is 1. The van der Waals surface area contributed by atoms with Crippen LogP contribution in [0.4, 0.5) is 4.39 Å². The number of ether oxygens (including phenoxy) is 1. The number of carbonyl (C=O) groups is 1. The van der Waals surface area contributed by atoms with E-state index >= 15 is 0 Å². The summed E-state index contributed by atoms with van der Waals surface area (Å²) in [5, 5.41) is 10.4. The molecule has 5 nitrogen and oxygen atoms in total. The predicted molar refractivity (Wildman–Crippen MR) is 130 cm³/mol. The predicted octanol–water partition coefficient (Wildman–Crippen LogP) is 5.63. The van der Waals surface area contributed by atoms with Gasteiger partial charge < -0.3 is 9.84 Å². The van der Waals surface area contributed by atoms with Crippen molar-refractivity contribution < 1.29 is 19.0 Å². The van der Waals surface area contributed by atoms with Crippen LogP contribution in [0.3, 0.4) is 0 Å². The van der Waals surface area contributed by atoms with E-state index in [-0.39, 0.29) is 6.01 Å².